The Balaban J connectivity index is 1.94. The summed E-state index contributed by atoms with van der Waals surface area (Å²) in [5.74, 6) is -0.329. The Morgan fingerprint density at radius 1 is 0.935 bits per heavy atom. The predicted molar refractivity (Wildman–Crippen MR) is 128 cm³/mol. The minimum absolute atomic E-state index is 0.133. The van der Waals surface area contributed by atoms with E-state index in [0.717, 1.165) is 21.2 Å². The summed E-state index contributed by atoms with van der Waals surface area (Å²) in [5, 5.41) is 3.31. The quantitative estimate of drug-likeness (QED) is 0.472. The zero-order chi connectivity index (χ0) is 22.2. The summed E-state index contributed by atoms with van der Waals surface area (Å²) in [6.45, 7) is 0.323. The molecule has 4 nitrogen and oxygen atoms in total. The molecule has 0 radical (unpaired) electrons. The summed E-state index contributed by atoms with van der Waals surface area (Å²) in [5.41, 5.74) is 2.74. The van der Waals surface area contributed by atoms with Crippen molar-refractivity contribution >= 4 is 39.3 Å². The van der Waals surface area contributed by atoms with Gasteiger partial charge in [-0.25, -0.2) is 0 Å². The highest BCUT2D eigenvalue weighted by molar-refractivity contribution is 9.10. The molecular weight excluding hydrogens is 476 g/mol. The van der Waals surface area contributed by atoms with Gasteiger partial charge in [0, 0.05) is 29.5 Å². The number of benzene rings is 3. The smallest absolute Gasteiger partial charge is 0.242 e. The van der Waals surface area contributed by atoms with Crippen LogP contribution in [0.1, 0.15) is 16.7 Å². The van der Waals surface area contributed by atoms with Crippen LogP contribution in [0.4, 0.5) is 0 Å². The van der Waals surface area contributed by atoms with Crippen LogP contribution < -0.4 is 5.32 Å². The number of rotatable bonds is 8. The number of nitrogens with zero attached hydrogens (tertiary/aromatic N) is 1. The summed E-state index contributed by atoms with van der Waals surface area (Å²) in [4.78, 5) is 28.0. The zero-order valence-electron chi connectivity index (χ0n) is 17.2. The molecule has 2 amide bonds. The Morgan fingerprint density at radius 2 is 1.61 bits per heavy atom. The third kappa shape index (κ3) is 6.68. The molecule has 0 aliphatic carbocycles. The van der Waals surface area contributed by atoms with Crippen molar-refractivity contribution in [3.8, 4) is 0 Å². The van der Waals surface area contributed by atoms with Crippen LogP contribution in [0.25, 0.3) is 0 Å². The molecule has 1 unspecified atom stereocenters. The molecule has 0 aliphatic heterocycles. The third-order valence-corrected chi connectivity index (χ3v) is 5.73. The minimum Gasteiger partial charge on any atom is -0.357 e. The van der Waals surface area contributed by atoms with E-state index in [4.69, 9.17) is 11.6 Å². The molecular formula is C25H24BrClN2O2. The normalized spacial score (nSPS) is 11.6. The van der Waals surface area contributed by atoms with Gasteiger partial charge >= 0.3 is 0 Å². The van der Waals surface area contributed by atoms with Crippen molar-refractivity contribution in [1.82, 2.24) is 10.2 Å². The van der Waals surface area contributed by atoms with Crippen LogP contribution in [0.3, 0.4) is 0 Å². The first-order chi connectivity index (χ1) is 15.0. The standard InChI is InChI=1S/C25H24BrClN2O2/c1-28-25(31)23(15-18-7-3-2-4-8-18)29(17-20-10-5-11-21(26)13-20)24(30)16-19-9-6-12-22(27)14-19/h2-14,23H,15-17H2,1H3,(H,28,31). The van der Waals surface area contributed by atoms with Crippen molar-refractivity contribution in [3.63, 3.8) is 0 Å². The van der Waals surface area contributed by atoms with Gasteiger partial charge in [-0.15, -0.1) is 0 Å². The first-order valence-electron chi connectivity index (χ1n) is 10.00. The Labute approximate surface area is 196 Å². The maximum atomic E-state index is 13.5. The minimum atomic E-state index is -0.641. The average molecular weight is 500 g/mol. The number of hydrogen-bond acceptors (Lipinski definition) is 2. The lowest BCUT2D eigenvalue weighted by Crippen LogP contribution is -2.50. The summed E-state index contributed by atoms with van der Waals surface area (Å²) < 4.78 is 0.923. The number of carbonyl (C=O) groups excluding carboxylic acids is 2. The van der Waals surface area contributed by atoms with E-state index < -0.39 is 6.04 Å². The van der Waals surface area contributed by atoms with Crippen LogP contribution in [-0.2, 0) is 29.0 Å². The van der Waals surface area contributed by atoms with Gasteiger partial charge in [0.2, 0.25) is 11.8 Å². The SMILES string of the molecule is CNC(=O)C(Cc1ccccc1)N(Cc1cccc(Br)c1)C(=O)Cc1cccc(Cl)c1. The Bertz CT molecular complexity index is 1040. The Morgan fingerprint density at radius 3 is 2.29 bits per heavy atom. The lowest BCUT2D eigenvalue weighted by Gasteiger charge is -2.31. The molecule has 6 heteroatoms. The molecule has 0 fully saturated rings. The molecule has 160 valence electrons. The largest absolute Gasteiger partial charge is 0.357 e. The van der Waals surface area contributed by atoms with Gasteiger partial charge < -0.3 is 10.2 Å². The van der Waals surface area contributed by atoms with E-state index in [1.807, 2.05) is 66.7 Å². The number of nitrogens with one attached hydrogen (secondary N) is 1. The molecule has 3 aromatic rings. The van der Waals surface area contributed by atoms with Crippen molar-refractivity contribution < 1.29 is 9.59 Å². The van der Waals surface area contributed by atoms with Gasteiger partial charge in [-0.2, -0.15) is 0 Å². The second-order valence-corrected chi connectivity index (χ2v) is 8.63. The Hall–Kier alpha value is -2.63. The molecule has 3 rings (SSSR count). The number of amides is 2. The molecule has 0 heterocycles. The van der Waals surface area contributed by atoms with Crippen molar-refractivity contribution in [1.29, 1.82) is 0 Å². The van der Waals surface area contributed by atoms with E-state index >= 15 is 0 Å². The van der Waals surface area contributed by atoms with Crippen LogP contribution in [0.2, 0.25) is 5.02 Å². The van der Waals surface area contributed by atoms with Crippen LogP contribution in [0.5, 0.6) is 0 Å². The molecule has 31 heavy (non-hydrogen) atoms. The van der Waals surface area contributed by atoms with Crippen LogP contribution in [-0.4, -0.2) is 29.8 Å². The summed E-state index contributed by atoms with van der Waals surface area (Å²) in [7, 11) is 1.60. The van der Waals surface area contributed by atoms with Gasteiger partial charge in [0.25, 0.3) is 0 Å². The maximum absolute atomic E-state index is 13.5. The van der Waals surface area contributed by atoms with Crippen LogP contribution >= 0.6 is 27.5 Å². The molecule has 0 saturated carbocycles. The zero-order valence-corrected chi connectivity index (χ0v) is 19.6. The molecule has 0 saturated heterocycles. The van der Waals surface area contributed by atoms with Gasteiger partial charge in [-0.1, -0.05) is 82.1 Å². The third-order valence-electron chi connectivity index (χ3n) is 5.00. The highest BCUT2D eigenvalue weighted by Gasteiger charge is 2.29. The van der Waals surface area contributed by atoms with Gasteiger partial charge in [0.05, 0.1) is 6.42 Å². The fraction of sp³-hybridized carbons (Fsp3) is 0.200. The maximum Gasteiger partial charge on any atom is 0.242 e. The summed E-state index contributed by atoms with van der Waals surface area (Å²) >= 11 is 9.59. The number of halogens is 2. The highest BCUT2D eigenvalue weighted by Crippen LogP contribution is 2.19. The van der Waals surface area contributed by atoms with Crippen LogP contribution in [0, 0.1) is 0 Å². The molecule has 0 spiro atoms. The highest BCUT2D eigenvalue weighted by atomic mass is 79.9. The topological polar surface area (TPSA) is 49.4 Å². The second kappa shape index (κ2) is 11.1. The van der Waals surface area contributed by atoms with E-state index in [2.05, 4.69) is 21.2 Å². The van der Waals surface area contributed by atoms with E-state index in [1.165, 1.54) is 0 Å². The predicted octanol–water partition coefficient (Wildman–Crippen LogP) is 5.03. The fourth-order valence-corrected chi connectivity index (χ4v) is 4.14. The van der Waals surface area contributed by atoms with Crippen molar-refractivity contribution in [3.05, 3.63) is 105 Å². The first-order valence-corrected chi connectivity index (χ1v) is 11.2. The molecule has 1 N–H and O–H groups in total. The van der Waals surface area contributed by atoms with Crippen molar-refractivity contribution in [2.24, 2.45) is 0 Å². The van der Waals surface area contributed by atoms with Crippen molar-refractivity contribution in [2.45, 2.75) is 25.4 Å². The molecule has 0 aromatic heterocycles. The van der Waals surface area contributed by atoms with Gasteiger partial charge in [-0.05, 0) is 41.0 Å². The molecule has 0 aliphatic rings. The summed E-state index contributed by atoms with van der Waals surface area (Å²) in [6, 6.07) is 24.1. The molecule has 0 bridgehead atoms. The summed E-state index contributed by atoms with van der Waals surface area (Å²) in [6.07, 6.45) is 0.590. The number of carbonyl (C=O) groups is 2. The van der Waals surface area contributed by atoms with Crippen molar-refractivity contribution in [2.75, 3.05) is 7.05 Å². The molecule has 1 atom stereocenters. The number of likely N-dealkylation sites (N-methyl/N-ethyl adjacent to an activating group) is 1. The Kier molecular flexibility index (Phi) is 8.27. The lowest BCUT2D eigenvalue weighted by molar-refractivity contribution is -0.140. The van der Waals surface area contributed by atoms with Gasteiger partial charge in [0.15, 0.2) is 0 Å². The van der Waals surface area contributed by atoms with E-state index in [1.54, 1.807) is 24.1 Å². The first kappa shape index (κ1) is 23.0. The molecule has 3 aromatic carbocycles. The average Bonchev–Trinajstić information content (AvgIpc) is 2.76. The van der Waals surface area contributed by atoms with E-state index in [9.17, 15) is 9.59 Å². The lowest BCUT2D eigenvalue weighted by atomic mass is 10.0. The van der Waals surface area contributed by atoms with E-state index in [0.29, 0.717) is 18.0 Å². The van der Waals surface area contributed by atoms with Gasteiger partial charge in [-0.3, -0.25) is 9.59 Å². The fourth-order valence-electron chi connectivity index (χ4n) is 3.48. The number of hydrogen-bond donors (Lipinski definition) is 1. The van der Waals surface area contributed by atoms with E-state index in [-0.39, 0.29) is 18.2 Å². The second-order valence-electron chi connectivity index (χ2n) is 7.28. The van der Waals surface area contributed by atoms with Gasteiger partial charge in [0.1, 0.15) is 6.04 Å². The van der Waals surface area contributed by atoms with Crippen LogP contribution in [0.15, 0.2) is 83.3 Å². The monoisotopic (exact) mass is 498 g/mol.